The number of carboxylic acids is 1. The molecular weight excluding hydrogens is 240 g/mol. The van der Waals surface area contributed by atoms with Crippen LogP contribution in [0.2, 0.25) is 0 Å². The van der Waals surface area contributed by atoms with E-state index in [1.54, 1.807) is 0 Å². The van der Waals surface area contributed by atoms with Gasteiger partial charge in [0.25, 0.3) is 0 Å². The van der Waals surface area contributed by atoms with Gasteiger partial charge >= 0.3 is 5.97 Å². The molecule has 0 radical (unpaired) electrons. The Balaban J connectivity index is 2.32. The third kappa shape index (κ3) is 2.36. The third-order valence-corrected chi connectivity index (χ3v) is 3.50. The van der Waals surface area contributed by atoms with Crippen LogP contribution in [0.5, 0.6) is 0 Å². The minimum atomic E-state index is -1.11. The molecule has 1 unspecified atom stereocenters. The fourth-order valence-electron chi connectivity index (χ4n) is 2.42. The number of nitrogens with one attached hydrogen (secondary N) is 1. The fraction of sp³-hybridized carbons (Fsp3) is 0.462. The zero-order valence-electron chi connectivity index (χ0n) is 9.88. The summed E-state index contributed by atoms with van der Waals surface area (Å²) in [7, 11) is 0. The van der Waals surface area contributed by atoms with Gasteiger partial charge in [-0.15, -0.1) is 0 Å². The predicted octanol–water partition coefficient (Wildman–Crippen LogP) is 1.96. The molecule has 0 aromatic heterocycles. The summed E-state index contributed by atoms with van der Waals surface area (Å²) in [5, 5.41) is 12.3. The number of aliphatic carboxylic acids is 1. The molecule has 18 heavy (non-hydrogen) atoms. The highest BCUT2D eigenvalue weighted by Crippen LogP contribution is 2.32. The maximum Gasteiger partial charge on any atom is 0.311 e. The van der Waals surface area contributed by atoms with Crippen LogP contribution in [0.4, 0.5) is 8.78 Å². The molecule has 1 atom stereocenters. The van der Waals surface area contributed by atoms with Crippen LogP contribution in [0.3, 0.4) is 0 Å². The molecular formula is C13H15F2NO2. The first-order valence-electron chi connectivity index (χ1n) is 5.92. The van der Waals surface area contributed by atoms with Crippen molar-refractivity contribution in [3.8, 4) is 0 Å². The number of hydrogen-bond donors (Lipinski definition) is 2. The summed E-state index contributed by atoms with van der Waals surface area (Å²) < 4.78 is 27.2. The van der Waals surface area contributed by atoms with Crippen molar-refractivity contribution in [1.82, 2.24) is 5.32 Å². The lowest BCUT2D eigenvalue weighted by Crippen LogP contribution is -2.47. The highest BCUT2D eigenvalue weighted by atomic mass is 19.1. The van der Waals surface area contributed by atoms with E-state index in [0.717, 1.165) is 18.7 Å². The molecule has 0 bridgehead atoms. The maximum atomic E-state index is 13.6. The molecule has 1 heterocycles. The van der Waals surface area contributed by atoms with Crippen LogP contribution in [0.15, 0.2) is 18.2 Å². The first kappa shape index (κ1) is 13.0. The number of carboxylic acid groups (broad SMARTS) is 1. The maximum absolute atomic E-state index is 13.6. The third-order valence-electron chi connectivity index (χ3n) is 3.50. The molecule has 98 valence electrons. The standard InChI is InChI=1S/C13H15F2NO2/c14-10-3-1-4-11(15)9(10)7-13(12(17)18)5-2-6-16-8-13/h1,3-4,16H,2,5-8H2,(H,17,18). The Kier molecular flexibility index (Phi) is 3.61. The molecule has 5 heteroatoms. The minimum Gasteiger partial charge on any atom is -0.481 e. The molecule has 1 fully saturated rings. The van der Waals surface area contributed by atoms with Gasteiger partial charge in [-0.2, -0.15) is 0 Å². The van der Waals surface area contributed by atoms with E-state index >= 15 is 0 Å². The number of rotatable bonds is 3. The minimum absolute atomic E-state index is 0.117. The van der Waals surface area contributed by atoms with Gasteiger partial charge in [-0.05, 0) is 37.9 Å². The van der Waals surface area contributed by atoms with E-state index in [4.69, 9.17) is 0 Å². The van der Waals surface area contributed by atoms with Crippen molar-refractivity contribution in [3.63, 3.8) is 0 Å². The highest BCUT2D eigenvalue weighted by Gasteiger charge is 2.41. The SMILES string of the molecule is O=C(O)C1(Cc2c(F)cccc2F)CCCNC1. The summed E-state index contributed by atoms with van der Waals surface area (Å²) in [4.78, 5) is 11.4. The largest absolute Gasteiger partial charge is 0.481 e. The van der Waals surface area contributed by atoms with E-state index in [1.807, 2.05) is 0 Å². The summed E-state index contributed by atoms with van der Waals surface area (Å²) in [6.45, 7) is 0.991. The molecule has 0 spiro atoms. The predicted molar refractivity (Wildman–Crippen MR) is 62.2 cm³/mol. The second-order valence-electron chi connectivity index (χ2n) is 4.74. The Morgan fingerprint density at radius 1 is 1.39 bits per heavy atom. The lowest BCUT2D eigenvalue weighted by atomic mass is 9.75. The van der Waals surface area contributed by atoms with E-state index in [9.17, 15) is 18.7 Å². The summed E-state index contributed by atoms with van der Waals surface area (Å²) in [5.74, 6) is -2.36. The van der Waals surface area contributed by atoms with Gasteiger partial charge in [0, 0.05) is 12.1 Å². The van der Waals surface area contributed by atoms with Crippen molar-refractivity contribution >= 4 is 5.97 Å². The molecule has 1 saturated heterocycles. The molecule has 2 N–H and O–H groups in total. The van der Waals surface area contributed by atoms with Crippen LogP contribution in [-0.2, 0) is 11.2 Å². The summed E-state index contributed by atoms with van der Waals surface area (Å²) >= 11 is 0. The number of carbonyl (C=O) groups is 1. The Hall–Kier alpha value is -1.49. The van der Waals surface area contributed by atoms with Crippen molar-refractivity contribution < 1.29 is 18.7 Å². The molecule has 0 saturated carbocycles. The Labute approximate surface area is 104 Å². The van der Waals surface area contributed by atoms with Gasteiger partial charge in [0.15, 0.2) is 0 Å². The smallest absolute Gasteiger partial charge is 0.311 e. The second-order valence-corrected chi connectivity index (χ2v) is 4.74. The van der Waals surface area contributed by atoms with Gasteiger partial charge < -0.3 is 10.4 Å². The molecule has 0 amide bonds. The zero-order valence-corrected chi connectivity index (χ0v) is 9.88. The molecule has 1 aromatic carbocycles. The lowest BCUT2D eigenvalue weighted by molar-refractivity contribution is -0.150. The number of benzene rings is 1. The van der Waals surface area contributed by atoms with E-state index in [-0.39, 0.29) is 18.5 Å². The molecule has 1 aliphatic heterocycles. The first-order valence-corrected chi connectivity index (χ1v) is 5.92. The van der Waals surface area contributed by atoms with Gasteiger partial charge in [0.05, 0.1) is 5.41 Å². The highest BCUT2D eigenvalue weighted by molar-refractivity contribution is 5.75. The number of hydrogen-bond acceptors (Lipinski definition) is 2. The van der Waals surface area contributed by atoms with Gasteiger partial charge in [0.1, 0.15) is 11.6 Å². The Bertz CT molecular complexity index is 436. The fourth-order valence-corrected chi connectivity index (χ4v) is 2.42. The van der Waals surface area contributed by atoms with Gasteiger partial charge in [-0.25, -0.2) is 8.78 Å². The quantitative estimate of drug-likeness (QED) is 0.868. The van der Waals surface area contributed by atoms with Crippen molar-refractivity contribution in [2.24, 2.45) is 5.41 Å². The average Bonchev–Trinajstić information content (AvgIpc) is 2.35. The van der Waals surface area contributed by atoms with Gasteiger partial charge in [-0.1, -0.05) is 6.07 Å². The van der Waals surface area contributed by atoms with Crippen molar-refractivity contribution in [1.29, 1.82) is 0 Å². The molecule has 1 aromatic rings. The first-order chi connectivity index (χ1) is 8.55. The van der Waals surface area contributed by atoms with E-state index in [1.165, 1.54) is 6.07 Å². The van der Waals surface area contributed by atoms with Gasteiger partial charge in [-0.3, -0.25) is 4.79 Å². The molecule has 0 aliphatic carbocycles. The van der Waals surface area contributed by atoms with Crippen LogP contribution < -0.4 is 5.32 Å². The normalized spacial score (nSPS) is 23.9. The van der Waals surface area contributed by atoms with E-state index in [2.05, 4.69) is 5.32 Å². The summed E-state index contributed by atoms with van der Waals surface area (Å²) in [5.41, 5.74) is -1.25. The summed E-state index contributed by atoms with van der Waals surface area (Å²) in [6.07, 6.45) is 1.01. The van der Waals surface area contributed by atoms with Crippen LogP contribution >= 0.6 is 0 Å². The number of piperidine rings is 1. The molecule has 3 nitrogen and oxygen atoms in total. The Morgan fingerprint density at radius 2 is 2.06 bits per heavy atom. The average molecular weight is 255 g/mol. The van der Waals surface area contributed by atoms with Crippen molar-refractivity contribution in [3.05, 3.63) is 35.4 Å². The van der Waals surface area contributed by atoms with Crippen LogP contribution in [0.25, 0.3) is 0 Å². The van der Waals surface area contributed by atoms with Crippen molar-refractivity contribution in [2.75, 3.05) is 13.1 Å². The zero-order chi connectivity index (χ0) is 13.2. The molecule has 1 aliphatic rings. The monoisotopic (exact) mass is 255 g/mol. The number of halogens is 2. The second kappa shape index (κ2) is 5.02. The van der Waals surface area contributed by atoms with Crippen LogP contribution in [-0.4, -0.2) is 24.2 Å². The van der Waals surface area contributed by atoms with Crippen molar-refractivity contribution in [2.45, 2.75) is 19.3 Å². The molecule has 2 rings (SSSR count). The Morgan fingerprint density at radius 3 is 2.56 bits per heavy atom. The van der Waals surface area contributed by atoms with E-state index in [0.29, 0.717) is 12.8 Å². The van der Waals surface area contributed by atoms with Crippen LogP contribution in [0.1, 0.15) is 18.4 Å². The van der Waals surface area contributed by atoms with E-state index < -0.39 is 23.0 Å². The summed E-state index contributed by atoms with van der Waals surface area (Å²) in [6, 6.07) is 3.59. The van der Waals surface area contributed by atoms with Gasteiger partial charge in [0.2, 0.25) is 0 Å². The lowest BCUT2D eigenvalue weighted by Gasteiger charge is -2.33. The topological polar surface area (TPSA) is 49.3 Å². The van der Waals surface area contributed by atoms with Crippen LogP contribution in [0, 0.1) is 17.0 Å².